The summed E-state index contributed by atoms with van der Waals surface area (Å²) in [5.41, 5.74) is 3.90. The molecule has 0 aliphatic heterocycles. The van der Waals surface area contributed by atoms with Gasteiger partial charge in [-0.15, -0.1) is 0 Å². The van der Waals surface area contributed by atoms with Gasteiger partial charge < -0.3 is 5.11 Å². The molecule has 1 atom stereocenters. The van der Waals surface area contributed by atoms with Gasteiger partial charge in [0, 0.05) is 22.9 Å². The van der Waals surface area contributed by atoms with Crippen molar-refractivity contribution >= 4 is 23.4 Å². The van der Waals surface area contributed by atoms with Crippen molar-refractivity contribution in [2.45, 2.75) is 32.1 Å². The number of aryl methyl sites for hydroxylation is 1. The zero-order valence-corrected chi connectivity index (χ0v) is 17.5. The van der Waals surface area contributed by atoms with Gasteiger partial charge in [-0.1, -0.05) is 78.3 Å². The van der Waals surface area contributed by atoms with Crippen LogP contribution in [0.3, 0.4) is 0 Å². The van der Waals surface area contributed by atoms with E-state index >= 15 is 0 Å². The van der Waals surface area contributed by atoms with Gasteiger partial charge in [0.15, 0.2) is 5.78 Å². The topological polar surface area (TPSA) is 54.4 Å². The van der Waals surface area contributed by atoms with Crippen LogP contribution in [0.5, 0.6) is 0 Å². The van der Waals surface area contributed by atoms with Crippen LogP contribution in [0.25, 0.3) is 11.1 Å². The van der Waals surface area contributed by atoms with Gasteiger partial charge in [0.1, 0.15) is 0 Å². The molecule has 1 N–H and O–H groups in total. The molecule has 3 aromatic rings. The summed E-state index contributed by atoms with van der Waals surface area (Å²) in [7, 11) is 0. The van der Waals surface area contributed by atoms with E-state index in [1.807, 2.05) is 66.7 Å². The Kier molecular flexibility index (Phi) is 7.81. The van der Waals surface area contributed by atoms with Crippen molar-refractivity contribution in [2.24, 2.45) is 5.92 Å². The van der Waals surface area contributed by atoms with Crippen LogP contribution in [0, 0.1) is 5.92 Å². The fourth-order valence-electron chi connectivity index (χ4n) is 3.61. The van der Waals surface area contributed by atoms with Crippen molar-refractivity contribution in [2.75, 3.05) is 0 Å². The van der Waals surface area contributed by atoms with E-state index in [2.05, 4.69) is 12.1 Å². The second-order valence-corrected chi connectivity index (χ2v) is 7.89. The molecule has 1 unspecified atom stereocenters. The van der Waals surface area contributed by atoms with Gasteiger partial charge in [0.25, 0.3) is 0 Å². The molecule has 30 heavy (non-hydrogen) atoms. The van der Waals surface area contributed by atoms with Crippen LogP contribution in [0.15, 0.2) is 78.9 Å². The number of aliphatic carboxylic acids is 1. The van der Waals surface area contributed by atoms with Crippen LogP contribution in [-0.2, 0) is 11.2 Å². The molecule has 154 valence electrons. The number of carboxylic acids is 1. The van der Waals surface area contributed by atoms with Crippen molar-refractivity contribution in [3.63, 3.8) is 0 Å². The molecule has 0 bridgehead atoms. The standard InChI is InChI=1S/C26H25ClO3/c27-24-16-13-21(14-17-24)20-9-11-23(12-10-20)26(30)22(15-18-25(28)29)8-4-7-19-5-2-1-3-6-19/h1-3,5-6,9-14,16-17,22H,4,7-8,15,18H2,(H,28,29). The van der Waals surface area contributed by atoms with Crippen molar-refractivity contribution < 1.29 is 14.7 Å². The highest BCUT2D eigenvalue weighted by Gasteiger charge is 2.21. The summed E-state index contributed by atoms with van der Waals surface area (Å²) in [6, 6.07) is 25.2. The highest BCUT2D eigenvalue weighted by Crippen LogP contribution is 2.25. The molecule has 4 heteroatoms. The van der Waals surface area contributed by atoms with Crippen molar-refractivity contribution in [3.05, 3.63) is 95.0 Å². The van der Waals surface area contributed by atoms with E-state index in [0.29, 0.717) is 23.4 Å². The Hall–Kier alpha value is -2.91. The Balaban J connectivity index is 1.67. The zero-order valence-electron chi connectivity index (χ0n) is 16.8. The van der Waals surface area contributed by atoms with E-state index in [4.69, 9.17) is 16.7 Å². The first kappa shape index (κ1) is 21.8. The maximum absolute atomic E-state index is 13.1. The number of rotatable bonds is 10. The van der Waals surface area contributed by atoms with Gasteiger partial charge in [0.2, 0.25) is 0 Å². The fraction of sp³-hybridized carbons (Fsp3) is 0.231. The maximum Gasteiger partial charge on any atom is 0.303 e. The molecule has 0 heterocycles. The van der Waals surface area contributed by atoms with Crippen LogP contribution in [-0.4, -0.2) is 16.9 Å². The van der Waals surface area contributed by atoms with Crippen molar-refractivity contribution in [3.8, 4) is 11.1 Å². The van der Waals surface area contributed by atoms with E-state index < -0.39 is 5.97 Å². The number of hydrogen-bond acceptors (Lipinski definition) is 2. The predicted molar refractivity (Wildman–Crippen MR) is 121 cm³/mol. The van der Waals surface area contributed by atoms with Crippen LogP contribution in [0.1, 0.15) is 41.6 Å². The fourth-order valence-corrected chi connectivity index (χ4v) is 3.73. The first-order valence-corrected chi connectivity index (χ1v) is 10.6. The van der Waals surface area contributed by atoms with Crippen LogP contribution in [0.2, 0.25) is 5.02 Å². The van der Waals surface area contributed by atoms with E-state index in [9.17, 15) is 9.59 Å². The summed E-state index contributed by atoms with van der Waals surface area (Å²) in [6.07, 6.45) is 2.78. The van der Waals surface area contributed by atoms with Gasteiger partial charge >= 0.3 is 5.97 Å². The molecule has 3 nitrogen and oxygen atoms in total. The highest BCUT2D eigenvalue weighted by molar-refractivity contribution is 6.30. The largest absolute Gasteiger partial charge is 0.481 e. The first-order chi connectivity index (χ1) is 14.5. The molecule has 3 rings (SSSR count). The Morgan fingerprint density at radius 3 is 2.00 bits per heavy atom. The second kappa shape index (κ2) is 10.7. The molecule has 0 aliphatic rings. The molecule has 0 amide bonds. The third kappa shape index (κ3) is 6.30. The number of halogens is 1. The third-order valence-electron chi connectivity index (χ3n) is 5.29. The SMILES string of the molecule is O=C(O)CCC(CCCc1ccccc1)C(=O)c1ccc(-c2ccc(Cl)cc2)cc1. The molecular weight excluding hydrogens is 396 g/mol. The number of ketones is 1. The Bertz CT molecular complexity index is 963. The number of Topliss-reactive ketones (excluding diaryl/α,β-unsaturated/α-hetero) is 1. The van der Waals surface area contributed by atoms with Gasteiger partial charge in [-0.2, -0.15) is 0 Å². The minimum absolute atomic E-state index is 0.00457. The van der Waals surface area contributed by atoms with Gasteiger partial charge in [-0.25, -0.2) is 0 Å². The number of hydrogen-bond donors (Lipinski definition) is 1. The van der Waals surface area contributed by atoms with Crippen molar-refractivity contribution in [1.29, 1.82) is 0 Å². The molecule has 0 aromatic heterocycles. The van der Waals surface area contributed by atoms with Crippen LogP contribution < -0.4 is 0 Å². The molecule has 3 aromatic carbocycles. The lowest BCUT2D eigenvalue weighted by atomic mass is 9.87. The number of carboxylic acid groups (broad SMARTS) is 1. The molecule has 0 saturated carbocycles. The van der Waals surface area contributed by atoms with E-state index in [1.54, 1.807) is 0 Å². The molecule has 0 fully saturated rings. The molecule has 0 saturated heterocycles. The minimum atomic E-state index is -0.867. The lowest BCUT2D eigenvalue weighted by molar-refractivity contribution is -0.137. The maximum atomic E-state index is 13.1. The predicted octanol–water partition coefficient (Wildman–Crippen LogP) is 6.69. The van der Waals surface area contributed by atoms with Gasteiger partial charge in [0.05, 0.1) is 0 Å². The minimum Gasteiger partial charge on any atom is -0.481 e. The summed E-state index contributed by atoms with van der Waals surface area (Å²) in [4.78, 5) is 24.1. The Morgan fingerprint density at radius 1 is 0.800 bits per heavy atom. The third-order valence-corrected chi connectivity index (χ3v) is 5.54. The zero-order chi connectivity index (χ0) is 21.3. The second-order valence-electron chi connectivity index (χ2n) is 7.46. The molecule has 0 radical (unpaired) electrons. The van der Waals surface area contributed by atoms with Gasteiger partial charge in [-0.05, 0) is 54.5 Å². The van der Waals surface area contributed by atoms with Crippen molar-refractivity contribution in [1.82, 2.24) is 0 Å². The first-order valence-electron chi connectivity index (χ1n) is 10.2. The molecular formula is C26H25ClO3. The van der Waals surface area contributed by atoms with Crippen LogP contribution >= 0.6 is 11.6 Å². The summed E-state index contributed by atoms with van der Waals surface area (Å²) in [6.45, 7) is 0. The smallest absolute Gasteiger partial charge is 0.303 e. The van der Waals surface area contributed by atoms with E-state index in [0.717, 1.165) is 24.0 Å². The van der Waals surface area contributed by atoms with Gasteiger partial charge in [-0.3, -0.25) is 9.59 Å². The van der Waals surface area contributed by atoms with Crippen LogP contribution in [0.4, 0.5) is 0 Å². The summed E-state index contributed by atoms with van der Waals surface area (Å²) < 4.78 is 0. The normalized spacial score (nSPS) is 11.8. The summed E-state index contributed by atoms with van der Waals surface area (Å²) in [5.74, 6) is -1.13. The number of carbonyl (C=O) groups is 2. The van der Waals surface area contributed by atoms with E-state index in [1.165, 1.54) is 5.56 Å². The summed E-state index contributed by atoms with van der Waals surface area (Å²) in [5, 5.41) is 9.76. The number of benzene rings is 3. The molecule has 0 spiro atoms. The average Bonchev–Trinajstić information content (AvgIpc) is 2.77. The molecule has 0 aliphatic carbocycles. The Labute approximate surface area is 182 Å². The highest BCUT2D eigenvalue weighted by atomic mass is 35.5. The average molecular weight is 421 g/mol. The van der Waals surface area contributed by atoms with E-state index in [-0.39, 0.29) is 18.1 Å². The monoisotopic (exact) mass is 420 g/mol. The Morgan fingerprint density at radius 2 is 1.40 bits per heavy atom. The number of carbonyl (C=O) groups excluding carboxylic acids is 1. The lowest BCUT2D eigenvalue weighted by Crippen LogP contribution is -2.17. The quantitative estimate of drug-likeness (QED) is 0.371. The lowest BCUT2D eigenvalue weighted by Gasteiger charge is -2.15. The summed E-state index contributed by atoms with van der Waals surface area (Å²) >= 11 is 5.95.